The molecule has 3 aromatic rings. The first-order valence-electron chi connectivity index (χ1n) is 10.7. The Balaban J connectivity index is 1.69. The van der Waals surface area contributed by atoms with Crippen LogP contribution in [0.4, 0.5) is 5.69 Å². The van der Waals surface area contributed by atoms with Crippen molar-refractivity contribution in [3.8, 4) is 0 Å². The molecule has 3 aromatic carbocycles. The Kier molecular flexibility index (Phi) is 7.60. The second-order valence-electron chi connectivity index (χ2n) is 7.75. The lowest BCUT2D eigenvalue weighted by Crippen LogP contribution is -2.30. The molecule has 31 heavy (non-hydrogen) atoms. The van der Waals surface area contributed by atoms with Gasteiger partial charge in [-0.05, 0) is 54.5 Å². The van der Waals surface area contributed by atoms with Crippen LogP contribution < -0.4 is 5.32 Å². The van der Waals surface area contributed by atoms with Crippen molar-refractivity contribution in [2.45, 2.75) is 45.6 Å². The van der Waals surface area contributed by atoms with E-state index in [2.05, 4.69) is 19.2 Å². The van der Waals surface area contributed by atoms with Crippen molar-refractivity contribution in [3.63, 3.8) is 0 Å². The minimum atomic E-state index is -0.915. The molecule has 0 radical (unpaired) electrons. The molecule has 0 aliphatic heterocycles. The van der Waals surface area contributed by atoms with Crippen LogP contribution in [-0.4, -0.2) is 18.0 Å². The Morgan fingerprint density at radius 3 is 2.26 bits per heavy atom. The van der Waals surface area contributed by atoms with Crippen LogP contribution in [0.2, 0.25) is 0 Å². The monoisotopic (exact) mass is 415 g/mol. The molecule has 0 fully saturated rings. The molecule has 4 heteroatoms. The van der Waals surface area contributed by atoms with E-state index in [-0.39, 0.29) is 5.91 Å². The number of carbonyl (C=O) groups is 2. The zero-order valence-electron chi connectivity index (χ0n) is 18.3. The van der Waals surface area contributed by atoms with Gasteiger partial charge < -0.3 is 10.1 Å². The van der Waals surface area contributed by atoms with E-state index in [1.54, 1.807) is 19.1 Å². The van der Waals surface area contributed by atoms with Gasteiger partial charge in [-0.25, -0.2) is 4.79 Å². The van der Waals surface area contributed by atoms with Crippen molar-refractivity contribution in [3.05, 3.63) is 101 Å². The molecular formula is C27H29NO3. The molecular weight excluding hydrogens is 386 g/mol. The summed E-state index contributed by atoms with van der Waals surface area (Å²) in [5.74, 6) is -0.520. The van der Waals surface area contributed by atoms with E-state index < -0.39 is 12.1 Å². The van der Waals surface area contributed by atoms with Gasteiger partial charge >= 0.3 is 5.97 Å². The van der Waals surface area contributed by atoms with Crippen LogP contribution in [0.25, 0.3) is 0 Å². The van der Waals surface area contributed by atoms with Crippen molar-refractivity contribution in [1.82, 2.24) is 0 Å². The van der Waals surface area contributed by atoms with E-state index in [0.717, 1.165) is 28.8 Å². The SMILES string of the molecule is CC[C@@H](C)c1ccccc1NC(=O)[C@H](C)OC(=O)c1ccccc1Cc1ccccc1. The van der Waals surface area contributed by atoms with Crippen molar-refractivity contribution in [2.24, 2.45) is 0 Å². The number of esters is 1. The van der Waals surface area contributed by atoms with Gasteiger partial charge in [0.2, 0.25) is 0 Å². The number of hydrogen-bond acceptors (Lipinski definition) is 3. The van der Waals surface area contributed by atoms with E-state index >= 15 is 0 Å². The molecule has 0 aromatic heterocycles. The fourth-order valence-corrected chi connectivity index (χ4v) is 3.46. The summed E-state index contributed by atoms with van der Waals surface area (Å²) in [6.07, 6.45) is 0.673. The maximum atomic E-state index is 12.8. The van der Waals surface area contributed by atoms with Gasteiger partial charge in [-0.2, -0.15) is 0 Å². The van der Waals surface area contributed by atoms with Crippen LogP contribution in [0.15, 0.2) is 78.9 Å². The van der Waals surface area contributed by atoms with Crippen LogP contribution in [-0.2, 0) is 16.0 Å². The minimum absolute atomic E-state index is 0.319. The summed E-state index contributed by atoms with van der Waals surface area (Å²) in [5, 5.41) is 2.92. The van der Waals surface area contributed by atoms with Crippen molar-refractivity contribution < 1.29 is 14.3 Å². The summed E-state index contributed by atoms with van der Waals surface area (Å²) in [6, 6.07) is 25.0. The fourth-order valence-electron chi connectivity index (χ4n) is 3.46. The summed E-state index contributed by atoms with van der Waals surface area (Å²) in [7, 11) is 0. The highest BCUT2D eigenvalue weighted by molar-refractivity contribution is 5.98. The number of carbonyl (C=O) groups excluding carboxylic acids is 2. The first kappa shape index (κ1) is 22.3. The molecule has 0 spiro atoms. The molecule has 2 atom stereocenters. The Bertz CT molecular complexity index is 1030. The maximum absolute atomic E-state index is 12.8. The zero-order chi connectivity index (χ0) is 22.2. The summed E-state index contributed by atoms with van der Waals surface area (Å²) >= 11 is 0. The number of nitrogens with one attached hydrogen (secondary N) is 1. The molecule has 0 heterocycles. The lowest BCUT2D eigenvalue weighted by molar-refractivity contribution is -0.123. The summed E-state index contributed by atoms with van der Waals surface area (Å²) < 4.78 is 5.52. The lowest BCUT2D eigenvalue weighted by Gasteiger charge is -2.18. The normalized spacial score (nSPS) is 12.6. The number of ether oxygens (including phenoxy) is 1. The average Bonchev–Trinajstić information content (AvgIpc) is 2.79. The molecule has 1 N–H and O–H groups in total. The van der Waals surface area contributed by atoms with Crippen LogP contribution in [0.5, 0.6) is 0 Å². The number of amides is 1. The van der Waals surface area contributed by atoms with Crippen LogP contribution in [0, 0.1) is 0 Å². The first-order chi connectivity index (χ1) is 15.0. The standard InChI is InChI=1S/C27H29NO3/c1-4-19(2)23-15-10-11-17-25(23)28-26(29)20(3)31-27(30)24-16-9-8-14-22(24)18-21-12-6-5-7-13-21/h5-17,19-20H,4,18H2,1-3H3,(H,28,29)/t19-,20+/m1/s1. The molecule has 160 valence electrons. The number of hydrogen-bond donors (Lipinski definition) is 1. The average molecular weight is 416 g/mol. The first-order valence-corrected chi connectivity index (χ1v) is 10.7. The maximum Gasteiger partial charge on any atom is 0.339 e. The van der Waals surface area contributed by atoms with Gasteiger partial charge in [0.1, 0.15) is 0 Å². The highest BCUT2D eigenvalue weighted by Crippen LogP contribution is 2.26. The smallest absolute Gasteiger partial charge is 0.339 e. The van der Waals surface area contributed by atoms with Crippen molar-refractivity contribution in [2.75, 3.05) is 5.32 Å². The van der Waals surface area contributed by atoms with Crippen LogP contribution in [0.3, 0.4) is 0 Å². The molecule has 0 bridgehead atoms. The predicted molar refractivity (Wildman–Crippen MR) is 124 cm³/mol. The number of anilines is 1. The quantitative estimate of drug-likeness (QED) is 0.461. The third-order valence-electron chi connectivity index (χ3n) is 5.49. The second-order valence-corrected chi connectivity index (χ2v) is 7.75. The summed E-state index contributed by atoms with van der Waals surface area (Å²) in [4.78, 5) is 25.6. The molecule has 0 aliphatic rings. The second kappa shape index (κ2) is 10.6. The highest BCUT2D eigenvalue weighted by Gasteiger charge is 2.22. The van der Waals surface area contributed by atoms with Gasteiger partial charge in [0.25, 0.3) is 5.91 Å². The van der Waals surface area contributed by atoms with Crippen molar-refractivity contribution >= 4 is 17.6 Å². The van der Waals surface area contributed by atoms with Gasteiger partial charge in [-0.1, -0.05) is 80.6 Å². The molecule has 1 amide bonds. The molecule has 3 rings (SSSR count). The Labute approximate surface area is 184 Å². The fraction of sp³-hybridized carbons (Fsp3) is 0.259. The molecule has 4 nitrogen and oxygen atoms in total. The van der Waals surface area contributed by atoms with Gasteiger partial charge in [0.15, 0.2) is 6.10 Å². The van der Waals surface area contributed by atoms with Crippen LogP contribution >= 0.6 is 0 Å². The molecule has 0 aliphatic carbocycles. The Hall–Kier alpha value is -3.40. The van der Waals surface area contributed by atoms with Gasteiger partial charge in [-0.3, -0.25) is 4.79 Å². The lowest BCUT2D eigenvalue weighted by atomic mass is 9.97. The molecule has 0 saturated carbocycles. The van der Waals surface area contributed by atoms with E-state index in [1.807, 2.05) is 66.7 Å². The third-order valence-corrected chi connectivity index (χ3v) is 5.49. The van der Waals surface area contributed by atoms with Gasteiger partial charge in [-0.15, -0.1) is 0 Å². The van der Waals surface area contributed by atoms with Crippen molar-refractivity contribution in [1.29, 1.82) is 0 Å². The zero-order valence-corrected chi connectivity index (χ0v) is 18.3. The van der Waals surface area contributed by atoms with Crippen LogP contribution in [0.1, 0.15) is 60.2 Å². The minimum Gasteiger partial charge on any atom is -0.449 e. The van der Waals surface area contributed by atoms with E-state index in [0.29, 0.717) is 17.9 Å². The number of para-hydroxylation sites is 1. The Morgan fingerprint density at radius 2 is 1.52 bits per heavy atom. The predicted octanol–water partition coefficient (Wildman–Crippen LogP) is 5.97. The largest absolute Gasteiger partial charge is 0.449 e. The summed E-state index contributed by atoms with van der Waals surface area (Å²) in [6.45, 7) is 5.83. The number of benzene rings is 3. The molecule has 0 saturated heterocycles. The van der Waals surface area contributed by atoms with E-state index in [4.69, 9.17) is 4.74 Å². The summed E-state index contributed by atoms with van der Waals surface area (Å²) in [5.41, 5.74) is 4.29. The third kappa shape index (κ3) is 5.82. The Morgan fingerprint density at radius 1 is 0.871 bits per heavy atom. The van der Waals surface area contributed by atoms with Gasteiger partial charge in [0, 0.05) is 5.69 Å². The number of rotatable bonds is 8. The van der Waals surface area contributed by atoms with E-state index in [9.17, 15) is 9.59 Å². The van der Waals surface area contributed by atoms with E-state index in [1.165, 1.54) is 0 Å². The molecule has 0 unspecified atom stereocenters. The topological polar surface area (TPSA) is 55.4 Å². The van der Waals surface area contributed by atoms with Gasteiger partial charge in [0.05, 0.1) is 5.56 Å². The highest BCUT2D eigenvalue weighted by atomic mass is 16.5.